The van der Waals surface area contributed by atoms with Gasteiger partial charge in [0.1, 0.15) is 7.14 Å². The lowest BCUT2D eigenvalue weighted by molar-refractivity contribution is 0.575. The summed E-state index contributed by atoms with van der Waals surface area (Å²) in [6, 6.07) is 36.7. The van der Waals surface area contributed by atoms with E-state index in [9.17, 15) is 0 Å². The highest BCUT2D eigenvalue weighted by Gasteiger charge is 2.51. The van der Waals surface area contributed by atoms with Crippen molar-refractivity contribution in [1.82, 2.24) is 0 Å². The van der Waals surface area contributed by atoms with E-state index in [2.05, 4.69) is 151 Å². The molecule has 0 amide bonds. The lowest BCUT2D eigenvalue weighted by atomic mass is 9.92. The topological polar surface area (TPSA) is 17.1 Å². The average molecular weight is 591 g/mol. The maximum Gasteiger partial charge on any atom is 0.138 e. The molecule has 0 radical (unpaired) electrons. The van der Waals surface area contributed by atoms with Crippen LogP contribution in [0.15, 0.2) is 103 Å². The van der Waals surface area contributed by atoms with Crippen LogP contribution in [0.4, 0.5) is 0 Å². The fraction of sp³-hybridized carbons (Fsp3) is 0.190. The van der Waals surface area contributed by atoms with Crippen LogP contribution in [0.5, 0.6) is 0 Å². The Labute approximate surface area is 262 Å². The maximum absolute atomic E-state index is 17.0. The summed E-state index contributed by atoms with van der Waals surface area (Å²) in [5, 5.41) is 0.935. The second kappa shape index (κ2) is 10.8. The van der Waals surface area contributed by atoms with E-state index < -0.39 is 7.14 Å². The van der Waals surface area contributed by atoms with Crippen molar-refractivity contribution in [3.8, 4) is 0 Å². The molecule has 0 aromatic heterocycles. The summed E-state index contributed by atoms with van der Waals surface area (Å²) in [4.78, 5) is 0. The van der Waals surface area contributed by atoms with Crippen molar-refractivity contribution in [1.29, 1.82) is 0 Å². The molecule has 0 N–H and O–H groups in total. The molecule has 2 atom stereocenters. The van der Waals surface area contributed by atoms with Gasteiger partial charge in [-0.25, -0.2) is 0 Å². The lowest BCUT2D eigenvalue weighted by Crippen LogP contribution is -2.19. The molecule has 0 bridgehead atoms. The Bertz CT molecular complexity index is 1890. The van der Waals surface area contributed by atoms with Gasteiger partial charge in [-0.1, -0.05) is 114 Å². The van der Waals surface area contributed by atoms with Crippen LogP contribution >= 0.6 is 7.14 Å². The average Bonchev–Trinajstić information content (AvgIpc) is 3.55. The molecule has 0 saturated carbocycles. The fourth-order valence-corrected chi connectivity index (χ4v) is 12.3. The first-order chi connectivity index (χ1) is 21.2. The van der Waals surface area contributed by atoms with Crippen LogP contribution in [0.1, 0.15) is 78.1 Å². The summed E-state index contributed by atoms with van der Waals surface area (Å²) in [5.74, 6) is 0. The molecular formula is C42H39OP. The normalized spacial score (nSPS) is 18.3. The second-order valence-corrected chi connectivity index (χ2v) is 15.8. The highest BCUT2D eigenvalue weighted by molar-refractivity contribution is 7.73. The Hall–Kier alpha value is -4.19. The van der Waals surface area contributed by atoms with Crippen LogP contribution < -0.4 is 5.30 Å². The van der Waals surface area contributed by atoms with Gasteiger partial charge in [-0.2, -0.15) is 0 Å². The Morgan fingerprint density at radius 2 is 0.841 bits per heavy atom. The Kier molecular flexibility index (Phi) is 6.99. The third-order valence-corrected chi connectivity index (χ3v) is 13.4. The third kappa shape index (κ3) is 4.41. The predicted molar refractivity (Wildman–Crippen MR) is 189 cm³/mol. The van der Waals surface area contributed by atoms with Gasteiger partial charge in [0, 0.05) is 5.30 Å². The molecule has 5 aromatic rings. The van der Waals surface area contributed by atoms with Gasteiger partial charge >= 0.3 is 0 Å². The summed E-state index contributed by atoms with van der Waals surface area (Å²) < 4.78 is 17.0. The molecule has 0 fully saturated rings. The summed E-state index contributed by atoms with van der Waals surface area (Å²) >= 11 is 0. The zero-order chi connectivity index (χ0) is 30.7. The number of allylic oxidation sites excluding steroid dienone is 2. The van der Waals surface area contributed by atoms with Gasteiger partial charge < -0.3 is 4.57 Å². The van der Waals surface area contributed by atoms with Gasteiger partial charge in [0.15, 0.2) is 0 Å². The quantitative estimate of drug-likeness (QED) is 0.186. The minimum Gasteiger partial charge on any atom is -0.317 e. The number of rotatable bonds is 5. The Morgan fingerprint density at radius 1 is 0.477 bits per heavy atom. The van der Waals surface area contributed by atoms with E-state index in [0.29, 0.717) is 0 Å². The van der Waals surface area contributed by atoms with Gasteiger partial charge in [0.05, 0.1) is 11.3 Å². The van der Waals surface area contributed by atoms with Crippen LogP contribution in [0.2, 0.25) is 0 Å². The Balaban J connectivity index is 1.57. The molecule has 2 heteroatoms. The van der Waals surface area contributed by atoms with E-state index in [1.54, 1.807) is 0 Å². The van der Waals surface area contributed by atoms with Crippen LogP contribution in [0.3, 0.4) is 0 Å². The van der Waals surface area contributed by atoms with Crippen molar-refractivity contribution >= 4 is 35.7 Å². The van der Waals surface area contributed by atoms with Crippen LogP contribution in [-0.2, 0) is 4.57 Å². The molecule has 1 nitrogen and oxygen atoms in total. The molecule has 218 valence electrons. The maximum atomic E-state index is 17.0. The van der Waals surface area contributed by atoms with E-state index in [0.717, 1.165) is 16.4 Å². The number of benzene rings is 5. The summed E-state index contributed by atoms with van der Waals surface area (Å²) in [6.07, 6.45) is 4.65. The Morgan fingerprint density at radius 3 is 1.25 bits per heavy atom. The molecule has 0 aliphatic heterocycles. The number of hydrogen-bond donors (Lipinski definition) is 0. The third-order valence-electron chi connectivity index (χ3n) is 9.65. The summed E-state index contributed by atoms with van der Waals surface area (Å²) in [7, 11) is -3.31. The first-order valence-electron chi connectivity index (χ1n) is 15.6. The molecule has 0 saturated heterocycles. The largest absolute Gasteiger partial charge is 0.317 e. The molecule has 0 heterocycles. The number of hydrogen-bond acceptors (Lipinski definition) is 1. The zero-order valence-corrected chi connectivity index (χ0v) is 27.4. The molecular weight excluding hydrogens is 551 g/mol. The van der Waals surface area contributed by atoms with E-state index in [1.165, 1.54) is 66.8 Å². The molecule has 2 unspecified atom stereocenters. The van der Waals surface area contributed by atoms with Crippen molar-refractivity contribution in [2.45, 2.75) is 52.9 Å². The highest BCUT2D eigenvalue weighted by Crippen LogP contribution is 2.77. The van der Waals surface area contributed by atoms with Crippen molar-refractivity contribution < 1.29 is 4.57 Å². The van der Waals surface area contributed by atoms with Crippen molar-refractivity contribution in [2.24, 2.45) is 0 Å². The molecule has 7 rings (SSSR count). The molecule has 44 heavy (non-hydrogen) atoms. The second-order valence-electron chi connectivity index (χ2n) is 12.9. The molecule has 2 aliphatic rings. The standard InChI is InChI=1S/C42H39OP/c1-26-20-28(3)39(29(4)21-26)37-24-32-14-10-12-18-35(32)41(37)44(43,34-16-8-7-9-17-34)42-36-19-13-11-15-33(36)25-38(42)40-30(5)22-27(2)23-31(40)6/h7-25,41-42H,1-6H3. The lowest BCUT2D eigenvalue weighted by Gasteiger charge is -2.36. The molecule has 5 aromatic carbocycles. The van der Waals surface area contributed by atoms with Crippen LogP contribution in [0.25, 0.3) is 23.3 Å². The molecule has 2 aliphatic carbocycles. The minimum atomic E-state index is -3.31. The summed E-state index contributed by atoms with van der Waals surface area (Å²) in [6.45, 7) is 13.1. The first kappa shape index (κ1) is 28.6. The van der Waals surface area contributed by atoms with Gasteiger partial charge in [-0.05, 0) is 120 Å². The van der Waals surface area contributed by atoms with E-state index in [4.69, 9.17) is 0 Å². The molecule has 0 spiro atoms. The van der Waals surface area contributed by atoms with E-state index in [1.807, 2.05) is 6.07 Å². The van der Waals surface area contributed by atoms with Gasteiger partial charge in [0.2, 0.25) is 0 Å². The van der Waals surface area contributed by atoms with Gasteiger partial charge in [0.25, 0.3) is 0 Å². The van der Waals surface area contributed by atoms with E-state index in [-0.39, 0.29) is 11.3 Å². The van der Waals surface area contributed by atoms with Crippen LogP contribution in [-0.4, -0.2) is 0 Å². The smallest absolute Gasteiger partial charge is 0.138 e. The highest BCUT2D eigenvalue weighted by atomic mass is 31.2. The minimum absolute atomic E-state index is 0.285. The van der Waals surface area contributed by atoms with E-state index >= 15 is 4.57 Å². The zero-order valence-electron chi connectivity index (χ0n) is 26.5. The van der Waals surface area contributed by atoms with Crippen LogP contribution in [0, 0.1) is 41.5 Å². The van der Waals surface area contributed by atoms with Crippen molar-refractivity contribution in [2.75, 3.05) is 0 Å². The van der Waals surface area contributed by atoms with Gasteiger partial charge in [-0.3, -0.25) is 0 Å². The van der Waals surface area contributed by atoms with Gasteiger partial charge in [-0.15, -0.1) is 0 Å². The van der Waals surface area contributed by atoms with Crippen molar-refractivity contribution in [3.63, 3.8) is 0 Å². The number of aryl methyl sites for hydroxylation is 6. The number of fused-ring (bicyclic) bond motifs is 2. The SMILES string of the molecule is Cc1cc(C)c(C2=Cc3ccccc3C2P(=O)(c2ccccc2)C2C(c3c(C)cc(C)cc3C)=Cc3ccccc32)c(C)c1. The van der Waals surface area contributed by atoms with Crippen molar-refractivity contribution in [3.05, 3.63) is 170 Å². The fourth-order valence-electron chi connectivity index (χ4n) is 8.23. The first-order valence-corrected chi connectivity index (χ1v) is 17.5. The predicted octanol–water partition coefficient (Wildman–Crippen LogP) is 11.1. The monoisotopic (exact) mass is 590 g/mol. The summed E-state index contributed by atoms with van der Waals surface area (Å²) in [5.41, 5.74) is 16.3.